The molecule has 2 rings (SSSR count). The molecule has 14 heavy (non-hydrogen) atoms. The molecule has 2 nitrogen and oxygen atoms in total. The van der Waals surface area contributed by atoms with E-state index >= 15 is 0 Å². The Morgan fingerprint density at radius 1 is 1.36 bits per heavy atom. The second-order valence-corrected chi connectivity index (χ2v) is 3.34. The van der Waals surface area contributed by atoms with Crippen molar-refractivity contribution in [1.29, 1.82) is 0 Å². The van der Waals surface area contributed by atoms with Crippen LogP contribution in [0.25, 0.3) is 11.0 Å². The van der Waals surface area contributed by atoms with Gasteiger partial charge < -0.3 is 9.73 Å². The quantitative estimate of drug-likeness (QED) is 0.793. The third-order valence-electron chi connectivity index (χ3n) is 2.36. The van der Waals surface area contributed by atoms with Crippen molar-refractivity contribution < 1.29 is 8.81 Å². The minimum absolute atomic E-state index is 0.144. The van der Waals surface area contributed by atoms with E-state index in [2.05, 4.69) is 5.32 Å². The molecule has 0 aliphatic rings. The average Bonchev–Trinajstić information content (AvgIpc) is 2.59. The van der Waals surface area contributed by atoms with Crippen molar-refractivity contribution in [2.24, 2.45) is 0 Å². The molecule has 0 unspecified atom stereocenters. The van der Waals surface area contributed by atoms with Gasteiger partial charge in [0.25, 0.3) is 0 Å². The maximum atomic E-state index is 12.9. The molecule has 3 heteroatoms. The van der Waals surface area contributed by atoms with Gasteiger partial charge in [0, 0.05) is 11.5 Å². The van der Waals surface area contributed by atoms with Gasteiger partial charge in [-0.2, -0.15) is 0 Å². The van der Waals surface area contributed by atoms with Crippen molar-refractivity contribution in [3.8, 4) is 0 Å². The molecular weight excluding hydrogens is 181 g/mol. The second-order valence-electron chi connectivity index (χ2n) is 3.34. The third kappa shape index (κ3) is 1.51. The highest BCUT2D eigenvalue weighted by Crippen LogP contribution is 2.24. The van der Waals surface area contributed by atoms with Crippen LogP contribution in [0.5, 0.6) is 0 Å². The lowest BCUT2D eigenvalue weighted by Crippen LogP contribution is -2.10. The smallest absolute Gasteiger partial charge is 0.137 e. The molecule has 0 spiro atoms. The summed E-state index contributed by atoms with van der Waals surface area (Å²) in [6, 6.07) is 6.63. The number of benzene rings is 1. The molecule has 0 aliphatic carbocycles. The molecule has 0 bridgehead atoms. The number of furan rings is 1. The predicted octanol–water partition coefficient (Wildman–Crippen LogP) is 2.85. The zero-order valence-electron chi connectivity index (χ0n) is 8.17. The van der Waals surface area contributed by atoms with Crippen LogP contribution in [-0.4, -0.2) is 7.05 Å². The summed E-state index contributed by atoms with van der Waals surface area (Å²) in [7, 11) is 1.86. The summed E-state index contributed by atoms with van der Waals surface area (Å²) in [5, 5.41) is 4.00. The van der Waals surface area contributed by atoms with E-state index in [0.717, 1.165) is 11.1 Å². The first-order valence-corrected chi connectivity index (χ1v) is 4.57. The fourth-order valence-electron chi connectivity index (χ4n) is 1.38. The Bertz CT molecular complexity index is 449. The largest absolute Gasteiger partial charge is 0.459 e. The Kier molecular flexibility index (Phi) is 2.25. The summed E-state index contributed by atoms with van der Waals surface area (Å²) in [5.74, 6) is 0.559. The highest BCUT2D eigenvalue weighted by molar-refractivity contribution is 5.77. The number of hydrogen-bond donors (Lipinski definition) is 1. The van der Waals surface area contributed by atoms with E-state index in [0.29, 0.717) is 5.58 Å². The van der Waals surface area contributed by atoms with Crippen LogP contribution in [-0.2, 0) is 0 Å². The van der Waals surface area contributed by atoms with Crippen molar-refractivity contribution in [3.05, 3.63) is 35.8 Å². The van der Waals surface area contributed by atoms with Crippen molar-refractivity contribution in [2.75, 3.05) is 7.05 Å². The number of hydrogen-bond acceptors (Lipinski definition) is 2. The number of halogens is 1. The van der Waals surface area contributed by atoms with E-state index < -0.39 is 0 Å². The molecule has 0 amide bonds. The average molecular weight is 193 g/mol. The molecule has 1 aromatic heterocycles. The minimum Gasteiger partial charge on any atom is -0.459 e. The summed E-state index contributed by atoms with van der Waals surface area (Å²) in [6.07, 6.45) is 0. The van der Waals surface area contributed by atoms with Crippen LogP contribution in [0.4, 0.5) is 4.39 Å². The zero-order chi connectivity index (χ0) is 10.1. The first-order valence-electron chi connectivity index (χ1n) is 4.57. The van der Waals surface area contributed by atoms with Crippen LogP contribution in [0, 0.1) is 5.82 Å². The molecule has 2 aromatic rings. The van der Waals surface area contributed by atoms with Gasteiger partial charge in [-0.1, -0.05) is 0 Å². The number of nitrogens with one attached hydrogen (secondary N) is 1. The Hall–Kier alpha value is -1.35. The summed E-state index contributed by atoms with van der Waals surface area (Å²) < 4.78 is 18.4. The van der Waals surface area contributed by atoms with Gasteiger partial charge in [-0.25, -0.2) is 4.39 Å². The summed E-state index contributed by atoms with van der Waals surface area (Å²) in [5.41, 5.74) is 0.599. The minimum atomic E-state index is -0.268. The highest BCUT2D eigenvalue weighted by Gasteiger charge is 2.09. The van der Waals surface area contributed by atoms with Gasteiger partial charge in [0.1, 0.15) is 17.2 Å². The van der Waals surface area contributed by atoms with Crippen molar-refractivity contribution >= 4 is 11.0 Å². The van der Waals surface area contributed by atoms with E-state index in [1.54, 1.807) is 6.07 Å². The molecule has 1 aromatic carbocycles. The molecule has 0 saturated carbocycles. The summed E-state index contributed by atoms with van der Waals surface area (Å²) in [4.78, 5) is 0. The van der Waals surface area contributed by atoms with E-state index in [9.17, 15) is 4.39 Å². The maximum Gasteiger partial charge on any atom is 0.137 e. The van der Waals surface area contributed by atoms with E-state index in [-0.39, 0.29) is 11.9 Å². The van der Waals surface area contributed by atoms with E-state index in [1.807, 2.05) is 20.0 Å². The van der Waals surface area contributed by atoms with E-state index in [4.69, 9.17) is 4.42 Å². The molecule has 1 atom stereocenters. The van der Waals surface area contributed by atoms with Crippen LogP contribution in [0.15, 0.2) is 28.7 Å². The normalized spacial score (nSPS) is 13.4. The van der Waals surface area contributed by atoms with Gasteiger partial charge >= 0.3 is 0 Å². The molecule has 74 valence electrons. The van der Waals surface area contributed by atoms with E-state index in [1.165, 1.54) is 12.1 Å². The fraction of sp³-hybridized carbons (Fsp3) is 0.273. The molecule has 1 heterocycles. The molecular formula is C11H12FNO. The lowest BCUT2D eigenvalue weighted by atomic mass is 10.2. The first-order chi connectivity index (χ1) is 6.70. The van der Waals surface area contributed by atoms with Gasteiger partial charge in [0.15, 0.2) is 0 Å². The van der Waals surface area contributed by atoms with Gasteiger partial charge in [-0.05, 0) is 32.2 Å². The Labute approximate surface area is 81.7 Å². The molecule has 0 aliphatic heterocycles. The van der Waals surface area contributed by atoms with Gasteiger partial charge in [0.2, 0.25) is 0 Å². The standard InChI is InChI=1S/C11H12FNO/c1-7(13-2)10-5-8-3-4-9(12)6-11(8)14-10/h3-7,13H,1-2H3/t7-/m1/s1. The van der Waals surface area contributed by atoms with Crippen LogP contribution >= 0.6 is 0 Å². The Morgan fingerprint density at radius 2 is 2.14 bits per heavy atom. The van der Waals surface area contributed by atoms with Crippen molar-refractivity contribution in [3.63, 3.8) is 0 Å². The van der Waals surface area contributed by atoms with Gasteiger partial charge in [0.05, 0.1) is 6.04 Å². The number of fused-ring (bicyclic) bond motifs is 1. The maximum absolute atomic E-state index is 12.9. The number of rotatable bonds is 2. The van der Waals surface area contributed by atoms with Crippen LogP contribution in [0.1, 0.15) is 18.7 Å². The molecule has 1 N–H and O–H groups in total. The SMILES string of the molecule is CN[C@H](C)c1cc2ccc(F)cc2o1. The van der Waals surface area contributed by atoms with Crippen molar-refractivity contribution in [1.82, 2.24) is 5.32 Å². The highest BCUT2D eigenvalue weighted by atomic mass is 19.1. The molecule has 0 fully saturated rings. The fourth-order valence-corrected chi connectivity index (χ4v) is 1.38. The lowest BCUT2D eigenvalue weighted by molar-refractivity contribution is 0.473. The first kappa shape index (κ1) is 9.21. The van der Waals surface area contributed by atoms with Crippen LogP contribution < -0.4 is 5.32 Å². The van der Waals surface area contributed by atoms with Gasteiger partial charge in [-0.3, -0.25) is 0 Å². The predicted molar refractivity (Wildman–Crippen MR) is 53.6 cm³/mol. The van der Waals surface area contributed by atoms with Crippen LogP contribution in [0.2, 0.25) is 0 Å². The Morgan fingerprint density at radius 3 is 2.86 bits per heavy atom. The Balaban J connectivity index is 2.51. The molecule has 0 saturated heterocycles. The molecule has 0 radical (unpaired) electrons. The lowest BCUT2D eigenvalue weighted by Gasteiger charge is -2.04. The second kappa shape index (κ2) is 3.42. The zero-order valence-corrected chi connectivity index (χ0v) is 8.17. The van der Waals surface area contributed by atoms with Crippen molar-refractivity contribution in [2.45, 2.75) is 13.0 Å². The van der Waals surface area contributed by atoms with Crippen LogP contribution in [0.3, 0.4) is 0 Å². The monoisotopic (exact) mass is 193 g/mol. The summed E-state index contributed by atoms with van der Waals surface area (Å²) in [6.45, 7) is 1.99. The third-order valence-corrected chi connectivity index (χ3v) is 2.36. The van der Waals surface area contributed by atoms with Gasteiger partial charge in [-0.15, -0.1) is 0 Å². The summed E-state index contributed by atoms with van der Waals surface area (Å²) >= 11 is 0. The topological polar surface area (TPSA) is 25.2 Å².